The van der Waals surface area contributed by atoms with E-state index in [1.807, 2.05) is 6.92 Å². The third kappa shape index (κ3) is 3.10. The summed E-state index contributed by atoms with van der Waals surface area (Å²) < 4.78 is 19.6. The predicted molar refractivity (Wildman–Crippen MR) is 73.9 cm³/mol. The highest BCUT2D eigenvalue weighted by Crippen LogP contribution is 2.38. The number of hydrogen-bond acceptors (Lipinski definition) is 2. The first-order valence-corrected chi connectivity index (χ1v) is 7.22. The zero-order chi connectivity index (χ0) is 13.9. The summed E-state index contributed by atoms with van der Waals surface area (Å²) in [5.74, 6) is -0.365. The Morgan fingerprint density at radius 1 is 1.42 bits per heavy atom. The lowest BCUT2D eigenvalue weighted by Gasteiger charge is -2.34. The Hall–Kier alpha value is -0.640. The Bertz CT molecular complexity index is 410. The number of rotatable bonds is 5. The highest BCUT2D eigenvalue weighted by Gasteiger charge is 2.41. The molecule has 1 aliphatic rings. The number of benzene rings is 1. The minimum Gasteiger partial charge on any atom is -0.390 e. The first-order chi connectivity index (χ1) is 9.09. The van der Waals surface area contributed by atoms with E-state index in [4.69, 9.17) is 16.3 Å². The summed E-state index contributed by atoms with van der Waals surface area (Å²) in [6.45, 7) is 2.48. The Balaban J connectivity index is 2.17. The molecule has 1 atom stereocenters. The van der Waals surface area contributed by atoms with Crippen LogP contribution in [-0.4, -0.2) is 23.4 Å². The highest BCUT2D eigenvalue weighted by atomic mass is 35.5. The topological polar surface area (TPSA) is 29.5 Å². The lowest BCUT2D eigenvalue weighted by molar-refractivity contribution is -0.115. The summed E-state index contributed by atoms with van der Waals surface area (Å²) in [5.41, 5.74) is -0.150. The number of halogens is 2. The van der Waals surface area contributed by atoms with Crippen LogP contribution in [0.3, 0.4) is 0 Å². The smallest absolute Gasteiger partial charge is 0.127 e. The van der Waals surface area contributed by atoms with Gasteiger partial charge in [-0.1, -0.05) is 30.5 Å². The van der Waals surface area contributed by atoms with E-state index in [2.05, 4.69) is 0 Å². The van der Waals surface area contributed by atoms with E-state index in [0.29, 0.717) is 17.2 Å². The van der Waals surface area contributed by atoms with Gasteiger partial charge in [-0.05, 0) is 31.9 Å². The van der Waals surface area contributed by atoms with Crippen LogP contribution in [0.4, 0.5) is 4.39 Å². The lowest BCUT2D eigenvalue weighted by atomic mass is 9.89. The molecule has 4 heteroatoms. The average Bonchev–Trinajstić information content (AvgIpc) is 2.84. The van der Waals surface area contributed by atoms with Gasteiger partial charge in [-0.2, -0.15) is 0 Å². The average molecular weight is 287 g/mol. The molecule has 1 N–H and O–H groups in total. The van der Waals surface area contributed by atoms with E-state index in [-0.39, 0.29) is 12.2 Å². The maximum Gasteiger partial charge on any atom is 0.127 e. The Morgan fingerprint density at radius 3 is 2.68 bits per heavy atom. The van der Waals surface area contributed by atoms with Crippen LogP contribution < -0.4 is 0 Å². The number of hydrogen-bond donors (Lipinski definition) is 1. The van der Waals surface area contributed by atoms with E-state index < -0.39 is 11.7 Å². The van der Waals surface area contributed by atoms with Crippen LogP contribution in [0.5, 0.6) is 0 Å². The minimum atomic E-state index is -0.718. The minimum absolute atomic E-state index is 0.200. The Kier molecular flexibility index (Phi) is 4.82. The molecule has 1 aromatic rings. The molecular weight excluding hydrogens is 267 g/mol. The molecule has 0 bridgehead atoms. The van der Waals surface area contributed by atoms with Gasteiger partial charge in [0, 0.05) is 23.6 Å². The van der Waals surface area contributed by atoms with Crippen molar-refractivity contribution < 1.29 is 14.2 Å². The molecule has 1 aliphatic carbocycles. The first-order valence-electron chi connectivity index (χ1n) is 6.84. The quantitative estimate of drug-likeness (QED) is 0.894. The van der Waals surface area contributed by atoms with Crippen LogP contribution in [0.2, 0.25) is 5.02 Å². The molecule has 0 spiro atoms. The van der Waals surface area contributed by atoms with Gasteiger partial charge >= 0.3 is 0 Å². The Morgan fingerprint density at radius 2 is 2.11 bits per heavy atom. The van der Waals surface area contributed by atoms with Gasteiger partial charge in [-0.25, -0.2) is 4.39 Å². The third-order valence-corrected chi connectivity index (χ3v) is 4.30. The SMILES string of the molecule is CCOC1(C(O)Cc2c(F)cccc2Cl)CCCC1. The molecule has 2 rings (SSSR count). The molecule has 19 heavy (non-hydrogen) atoms. The molecule has 0 heterocycles. The van der Waals surface area contributed by atoms with Crippen LogP contribution in [0.25, 0.3) is 0 Å². The summed E-state index contributed by atoms with van der Waals surface area (Å²) in [5, 5.41) is 10.8. The van der Waals surface area contributed by atoms with E-state index in [1.165, 1.54) is 6.07 Å². The summed E-state index contributed by atoms with van der Waals surface area (Å²) in [6, 6.07) is 4.59. The van der Waals surface area contributed by atoms with Crippen molar-refractivity contribution in [3.05, 3.63) is 34.6 Å². The van der Waals surface area contributed by atoms with E-state index in [0.717, 1.165) is 25.7 Å². The summed E-state index contributed by atoms with van der Waals surface area (Å²) in [6.07, 6.45) is 3.22. The van der Waals surface area contributed by atoms with Gasteiger partial charge in [0.2, 0.25) is 0 Å². The maximum atomic E-state index is 13.8. The fraction of sp³-hybridized carbons (Fsp3) is 0.600. The molecule has 1 saturated carbocycles. The van der Waals surface area contributed by atoms with E-state index in [1.54, 1.807) is 12.1 Å². The van der Waals surface area contributed by atoms with Crippen molar-refractivity contribution in [1.29, 1.82) is 0 Å². The third-order valence-electron chi connectivity index (χ3n) is 3.95. The second-order valence-electron chi connectivity index (χ2n) is 5.13. The molecule has 1 fully saturated rings. The molecule has 1 unspecified atom stereocenters. The summed E-state index contributed by atoms with van der Waals surface area (Å²) in [7, 11) is 0. The van der Waals surface area contributed by atoms with Crippen molar-refractivity contribution in [2.75, 3.05) is 6.61 Å². The number of aliphatic hydroxyl groups is 1. The molecule has 1 aromatic carbocycles. The van der Waals surface area contributed by atoms with Crippen molar-refractivity contribution in [2.45, 2.75) is 50.7 Å². The lowest BCUT2D eigenvalue weighted by Crippen LogP contribution is -2.44. The van der Waals surface area contributed by atoms with Gasteiger partial charge in [0.1, 0.15) is 5.82 Å². The first kappa shape index (κ1) is 14.8. The zero-order valence-electron chi connectivity index (χ0n) is 11.2. The predicted octanol–water partition coefficient (Wildman–Crippen LogP) is 3.73. The van der Waals surface area contributed by atoms with Crippen molar-refractivity contribution in [3.8, 4) is 0 Å². The number of ether oxygens (including phenoxy) is 1. The van der Waals surface area contributed by atoms with Crippen LogP contribution in [-0.2, 0) is 11.2 Å². The van der Waals surface area contributed by atoms with Crippen molar-refractivity contribution in [1.82, 2.24) is 0 Å². The molecule has 0 aromatic heterocycles. The van der Waals surface area contributed by atoms with E-state index >= 15 is 0 Å². The fourth-order valence-corrected chi connectivity index (χ4v) is 3.18. The second kappa shape index (κ2) is 6.21. The molecule has 0 radical (unpaired) electrons. The van der Waals surface area contributed by atoms with Gasteiger partial charge in [0.15, 0.2) is 0 Å². The van der Waals surface area contributed by atoms with Gasteiger partial charge in [0.25, 0.3) is 0 Å². The standard InChI is InChI=1S/C15H20ClFO2/c1-2-19-15(8-3-4-9-15)14(18)10-11-12(16)6-5-7-13(11)17/h5-7,14,18H,2-4,8-10H2,1H3. The van der Waals surface area contributed by atoms with Gasteiger partial charge < -0.3 is 9.84 Å². The van der Waals surface area contributed by atoms with Crippen molar-refractivity contribution in [2.24, 2.45) is 0 Å². The second-order valence-corrected chi connectivity index (χ2v) is 5.53. The summed E-state index contributed by atoms with van der Waals surface area (Å²) >= 11 is 6.01. The van der Waals surface area contributed by atoms with Crippen molar-refractivity contribution >= 4 is 11.6 Å². The van der Waals surface area contributed by atoms with Crippen molar-refractivity contribution in [3.63, 3.8) is 0 Å². The molecule has 0 amide bonds. The highest BCUT2D eigenvalue weighted by molar-refractivity contribution is 6.31. The van der Waals surface area contributed by atoms with Gasteiger partial charge in [0.05, 0.1) is 11.7 Å². The fourth-order valence-electron chi connectivity index (χ4n) is 2.94. The van der Waals surface area contributed by atoms with Crippen LogP contribution in [0, 0.1) is 5.82 Å². The largest absolute Gasteiger partial charge is 0.390 e. The molecule has 0 saturated heterocycles. The summed E-state index contributed by atoms with van der Waals surface area (Å²) in [4.78, 5) is 0. The van der Waals surface area contributed by atoms with E-state index in [9.17, 15) is 9.50 Å². The molecule has 2 nitrogen and oxygen atoms in total. The molecule has 106 valence electrons. The van der Waals surface area contributed by atoms with Crippen LogP contribution >= 0.6 is 11.6 Å². The van der Waals surface area contributed by atoms with Crippen LogP contribution in [0.15, 0.2) is 18.2 Å². The molecule has 0 aliphatic heterocycles. The van der Waals surface area contributed by atoms with Gasteiger partial charge in [-0.15, -0.1) is 0 Å². The number of aliphatic hydroxyl groups excluding tert-OH is 1. The zero-order valence-corrected chi connectivity index (χ0v) is 11.9. The monoisotopic (exact) mass is 286 g/mol. The Labute approximate surface area is 118 Å². The molecular formula is C15H20ClFO2. The maximum absolute atomic E-state index is 13.8. The van der Waals surface area contributed by atoms with Gasteiger partial charge in [-0.3, -0.25) is 0 Å². The normalized spacial score (nSPS) is 19.6. The van der Waals surface area contributed by atoms with Crippen LogP contribution in [0.1, 0.15) is 38.2 Å².